The summed E-state index contributed by atoms with van der Waals surface area (Å²) in [6.45, 7) is 11.9. The molecule has 0 saturated carbocycles. The Kier molecular flexibility index (Phi) is 17.3. The van der Waals surface area contributed by atoms with Gasteiger partial charge in [-0.15, -0.1) is 0 Å². The van der Waals surface area contributed by atoms with Crippen molar-refractivity contribution in [3.8, 4) is 0 Å². The predicted molar refractivity (Wildman–Crippen MR) is 124 cm³/mol. The molecule has 0 aliphatic heterocycles. The Balaban J connectivity index is 5.06. The molecule has 0 N–H and O–H groups in total. The first kappa shape index (κ1) is 28.7. The van der Waals surface area contributed by atoms with E-state index in [2.05, 4.69) is 13.8 Å². The van der Waals surface area contributed by atoms with Crippen LogP contribution < -0.4 is 0 Å². The van der Waals surface area contributed by atoms with Crippen LogP contribution in [0.5, 0.6) is 0 Å². The van der Waals surface area contributed by atoms with Gasteiger partial charge in [-0.1, -0.05) is 0 Å². The van der Waals surface area contributed by atoms with Gasteiger partial charge in [0.15, 0.2) is 0 Å². The fourth-order valence-corrected chi connectivity index (χ4v) is 13.2. The minimum atomic E-state index is -3.80. The molecular formula is C24H48O4Sn. The monoisotopic (exact) mass is 520 g/mol. The molecule has 0 aromatic heterocycles. The second-order valence-electron chi connectivity index (χ2n) is 9.10. The summed E-state index contributed by atoms with van der Waals surface area (Å²) in [4.78, 5) is 25.0. The van der Waals surface area contributed by atoms with Crippen molar-refractivity contribution < 1.29 is 15.7 Å². The summed E-state index contributed by atoms with van der Waals surface area (Å²) in [6, 6.07) is 0. The van der Waals surface area contributed by atoms with Crippen molar-refractivity contribution in [1.29, 1.82) is 0 Å². The van der Waals surface area contributed by atoms with Crippen LogP contribution in [0.3, 0.4) is 0 Å². The third-order valence-corrected chi connectivity index (χ3v) is 15.0. The summed E-state index contributed by atoms with van der Waals surface area (Å²) >= 11 is -3.80. The van der Waals surface area contributed by atoms with Gasteiger partial charge in [0.2, 0.25) is 0 Å². The standard InChI is InChI=1S/2C8H17.2C4H8O2.Sn/c2*1-3-5-7-8-6-4-2;2*1-3(2)4(5)6;/h2*1,3-8H2,2H3;2*3H,1-2H3,(H,5,6);/q;;;;+2/p-2. The second kappa shape index (κ2) is 17.4. The van der Waals surface area contributed by atoms with Gasteiger partial charge in [0, 0.05) is 0 Å². The van der Waals surface area contributed by atoms with Gasteiger partial charge >= 0.3 is 186 Å². The van der Waals surface area contributed by atoms with E-state index in [9.17, 15) is 9.59 Å². The molecule has 172 valence electrons. The first-order valence-corrected chi connectivity index (χ1v) is 18.6. The molecular weight excluding hydrogens is 471 g/mol. The van der Waals surface area contributed by atoms with Gasteiger partial charge in [-0.3, -0.25) is 0 Å². The molecule has 4 nitrogen and oxygen atoms in total. The third-order valence-electron chi connectivity index (χ3n) is 5.34. The minimum absolute atomic E-state index is 0.182. The molecule has 0 spiro atoms. The van der Waals surface area contributed by atoms with Gasteiger partial charge in [-0.2, -0.15) is 0 Å². The number of hydrogen-bond acceptors (Lipinski definition) is 4. The summed E-state index contributed by atoms with van der Waals surface area (Å²) in [6.07, 6.45) is 14.2. The van der Waals surface area contributed by atoms with E-state index in [1.54, 1.807) is 0 Å². The summed E-state index contributed by atoms with van der Waals surface area (Å²) in [7, 11) is 0. The van der Waals surface area contributed by atoms with Crippen molar-refractivity contribution in [3.05, 3.63) is 0 Å². The molecule has 0 aromatic rings. The molecule has 0 aliphatic rings. The van der Waals surface area contributed by atoms with E-state index in [1.807, 2.05) is 27.7 Å². The van der Waals surface area contributed by atoms with Crippen LogP contribution in [0, 0.1) is 11.8 Å². The Morgan fingerprint density at radius 2 is 0.897 bits per heavy atom. The molecule has 0 aliphatic carbocycles. The quantitative estimate of drug-likeness (QED) is 0.139. The number of hydrogen-bond donors (Lipinski definition) is 0. The zero-order valence-corrected chi connectivity index (χ0v) is 23.0. The Labute approximate surface area is 185 Å². The van der Waals surface area contributed by atoms with Crippen LogP contribution in [0.2, 0.25) is 8.87 Å². The molecule has 0 unspecified atom stereocenters. The SMILES string of the molecule is CCCCCCC[CH2][Sn]([CH2]CCCCCCC)([O]C(=O)C(C)C)[O]C(=O)C(C)C. The topological polar surface area (TPSA) is 52.6 Å². The first-order valence-electron chi connectivity index (χ1n) is 12.2. The van der Waals surface area contributed by atoms with Crippen LogP contribution in [-0.2, 0) is 15.7 Å². The Morgan fingerprint density at radius 1 is 0.586 bits per heavy atom. The van der Waals surface area contributed by atoms with E-state index in [0.29, 0.717) is 0 Å². The van der Waals surface area contributed by atoms with Crippen LogP contribution in [0.1, 0.15) is 119 Å². The normalized spacial score (nSPS) is 11.9. The van der Waals surface area contributed by atoms with Gasteiger partial charge in [-0.05, 0) is 0 Å². The Bertz CT molecular complexity index is 395. The number of carbonyl (C=O) groups is 2. The zero-order chi connectivity index (χ0) is 22.1. The summed E-state index contributed by atoms with van der Waals surface area (Å²) in [5.41, 5.74) is 0. The molecule has 0 aromatic carbocycles. The van der Waals surface area contributed by atoms with E-state index >= 15 is 0 Å². The first-order chi connectivity index (χ1) is 13.8. The average molecular weight is 519 g/mol. The fourth-order valence-electron chi connectivity index (χ4n) is 3.30. The van der Waals surface area contributed by atoms with Crippen molar-refractivity contribution in [2.75, 3.05) is 0 Å². The predicted octanol–water partition coefficient (Wildman–Crippen LogP) is 7.55. The van der Waals surface area contributed by atoms with Crippen molar-refractivity contribution in [1.82, 2.24) is 0 Å². The number of rotatable bonds is 18. The number of unbranched alkanes of at least 4 members (excludes halogenated alkanes) is 10. The maximum atomic E-state index is 12.5. The van der Waals surface area contributed by atoms with Crippen LogP contribution in [0.25, 0.3) is 0 Å². The molecule has 0 heterocycles. The Morgan fingerprint density at radius 3 is 1.21 bits per heavy atom. The Hall–Kier alpha value is -0.261. The summed E-state index contributed by atoms with van der Waals surface area (Å²) in [5, 5.41) is 0. The molecule has 0 fully saturated rings. The van der Waals surface area contributed by atoms with Crippen molar-refractivity contribution in [3.63, 3.8) is 0 Å². The third kappa shape index (κ3) is 14.4. The van der Waals surface area contributed by atoms with Gasteiger partial charge in [0.1, 0.15) is 0 Å². The van der Waals surface area contributed by atoms with Gasteiger partial charge in [0.25, 0.3) is 0 Å². The van der Waals surface area contributed by atoms with Crippen molar-refractivity contribution in [2.45, 2.75) is 127 Å². The van der Waals surface area contributed by atoms with Crippen molar-refractivity contribution >= 4 is 31.1 Å². The average Bonchev–Trinajstić information content (AvgIpc) is 2.67. The second-order valence-corrected chi connectivity index (χ2v) is 18.3. The van der Waals surface area contributed by atoms with E-state index < -0.39 is 19.2 Å². The molecule has 0 atom stereocenters. The van der Waals surface area contributed by atoms with E-state index in [1.165, 1.54) is 51.4 Å². The molecule has 0 saturated heterocycles. The van der Waals surface area contributed by atoms with Crippen molar-refractivity contribution in [2.24, 2.45) is 11.8 Å². The zero-order valence-electron chi connectivity index (χ0n) is 20.2. The summed E-state index contributed by atoms with van der Waals surface area (Å²) in [5.74, 6) is -0.737. The molecule has 0 bridgehead atoms. The maximum absolute atomic E-state index is 12.5. The molecule has 0 amide bonds. The molecule has 29 heavy (non-hydrogen) atoms. The van der Waals surface area contributed by atoms with Crippen LogP contribution in [0.15, 0.2) is 0 Å². The van der Waals surface area contributed by atoms with Gasteiger partial charge < -0.3 is 0 Å². The van der Waals surface area contributed by atoms with E-state index in [-0.39, 0.29) is 23.8 Å². The van der Waals surface area contributed by atoms with E-state index in [0.717, 1.165) is 34.6 Å². The fraction of sp³-hybridized carbons (Fsp3) is 0.917. The number of carbonyl (C=O) groups excluding carboxylic acids is 2. The van der Waals surface area contributed by atoms with Crippen LogP contribution >= 0.6 is 0 Å². The van der Waals surface area contributed by atoms with Gasteiger partial charge in [-0.25, -0.2) is 0 Å². The molecule has 5 heteroatoms. The van der Waals surface area contributed by atoms with Crippen LogP contribution in [-0.4, -0.2) is 31.1 Å². The van der Waals surface area contributed by atoms with Crippen LogP contribution in [0.4, 0.5) is 0 Å². The molecule has 0 rings (SSSR count). The summed E-state index contributed by atoms with van der Waals surface area (Å²) < 4.78 is 13.8. The molecule has 0 radical (unpaired) electrons. The van der Waals surface area contributed by atoms with E-state index in [4.69, 9.17) is 6.15 Å². The van der Waals surface area contributed by atoms with Gasteiger partial charge in [0.05, 0.1) is 0 Å².